The monoisotopic (exact) mass is 427 g/mol. The standard InChI is InChI=1S/C20H25N3O3.2ClH/c1-2-15-4-3-5-17(12-15)26-18-7-6-16(13-22-18)23-19(24)20(14-21)8-10-25-11-9-20;;/h3-7,12-13H,2,8-11,14,21H2,1H3,(H,23,24);2*1H. The lowest BCUT2D eigenvalue weighted by Gasteiger charge is -2.34. The van der Waals surface area contributed by atoms with E-state index in [2.05, 4.69) is 23.3 Å². The average molecular weight is 428 g/mol. The summed E-state index contributed by atoms with van der Waals surface area (Å²) in [5.41, 5.74) is 7.15. The summed E-state index contributed by atoms with van der Waals surface area (Å²) < 4.78 is 11.1. The lowest BCUT2D eigenvalue weighted by molar-refractivity contribution is -0.130. The maximum atomic E-state index is 12.7. The van der Waals surface area contributed by atoms with E-state index in [4.69, 9.17) is 15.2 Å². The first-order valence-electron chi connectivity index (χ1n) is 8.97. The third kappa shape index (κ3) is 5.82. The second-order valence-corrected chi connectivity index (χ2v) is 6.54. The zero-order valence-corrected chi connectivity index (χ0v) is 17.5. The zero-order valence-electron chi connectivity index (χ0n) is 15.8. The number of halogens is 2. The van der Waals surface area contributed by atoms with Crippen LogP contribution in [0.25, 0.3) is 0 Å². The molecule has 0 radical (unpaired) electrons. The van der Waals surface area contributed by atoms with Crippen LogP contribution in [-0.2, 0) is 16.0 Å². The van der Waals surface area contributed by atoms with Crippen LogP contribution in [0.5, 0.6) is 11.6 Å². The summed E-state index contributed by atoms with van der Waals surface area (Å²) in [5, 5.41) is 2.92. The Balaban J connectivity index is 0.00000196. The Kier molecular flexibility index (Phi) is 9.69. The highest BCUT2D eigenvalue weighted by Gasteiger charge is 2.38. The van der Waals surface area contributed by atoms with Gasteiger partial charge >= 0.3 is 0 Å². The van der Waals surface area contributed by atoms with E-state index in [9.17, 15) is 4.79 Å². The Bertz CT molecular complexity index is 751. The summed E-state index contributed by atoms with van der Waals surface area (Å²) in [5.74, 6) is 1.16. The molecule has 0 bridgehead atoms. The van der Waals surface area contributed by atoms with Crippen molar-refractivity contribution < 1.29 is 14.3 Å². The Morgan fingerprint density at radius 2 is 2.00 bits per heavy atom. The Morgan fingerprint density at radius 1 is 1.25 bits per heavy atom. The number of anilines is 1. The minimum Gasteiger partial charge on any atom is -0.439 e. The highest BCUT2D eigenvalue weighted by molar-refractivity contribution is 5.95. The minimum absolute atomic E-state index is 0. The van der Waals surface area contributed by atoms with Crippen LogP contribution >= 0.6 is 24.8 Å². The summed E-state index contributed by atoms with van der Waals surface area (Å²) in [4.78, 5) is 16.9. The highest BCUT2D eigenvalue weighted by Crippen LogP contribution is 2.31. The molecular weight excluding hydrogens is 401 g/mol. The molecule has 28 heavy (non-hydrogen) atoms. The van der Waals surface area contributed by atoms with Crippen LogP contribution < -0.4 is 15.8 Å². The van der Waals surface area contributed by atoms with E-state index >= 15 is 0 Å². The van der Waals surface area contributed by atoms with Gasteiger partial charge in [-0.25, -0.2) is 4.98 Å². The summed E-state index contributed by atoms with van der Waals surface area (Å²) >= 11 is 0. The molecular formula is C20H27Cl2N3O3. The van der Waals surface area contributed by atoms with E-state index in [-0.39, 0.29) is 30.7 Å². The molecule has 1 saturated heterocycles. The van der Waals surface area contributed by atoms with E-state index < -0.39 is 5.41 Å². The molecule has 6 nitrogen and oxygen atoms in total. The van der Waals surface area contributed by atoms with Crippen LogP contribution in [0.2, 0.25) is 0 Å². The number of benzene rings is 1. The second kappa shape index (κ2) is 11.2. The van der Waals surface area contributed by atoms with Crippen molar-refractivity contribution in [1.29, 1.82) is 0 Å². The molecule has 1 amide bonds. The van der Waals surface area contributed by atoms with E-state index in [1.54, 1.807) is 18.3 Å². The van der Waals surface area contributed by atoms with Gasteiger partial charge < -0.3 is 20.5 Å². The lowest BCUT2D eigenvalue weighted by Crippen LogP contribution is -2.46. The van der Waals surface area contributed by atoms with Crippen LogP contribution in [0.4, 0.5) is 5.69 Å². The van der Waals surface area contributed by atoms with Crippen molar-refractivity contribution in [2.24, 2.45) is 11.1 Å². The van der Waals surface area contributed by atoms with Crippen molar-refractivity contribution in [3.05, 3.63) is 48.2 Å². The van der Waals surface area contributed by atoms with Gasteiger partial charge in [0, 0.05) is 25.8 Å². The molecule has 0 atom stereocenters. The maximum Gasteiger partial charge on any atom is 0.232 e. The summed E-state index contributed by atoms with van der Waals surface area (Å²) in [6.45, 7) is 3.53. The smallest absolute Gasteiger partial charge is 0.232 e. The third-order valence-electron chi connectivity index (χ3n) is 4.85. The van der Waals surface area contributed by atoms with E-state index in [1.165, 1.54) is 5.56 Å². The van der Waals surface area contributed by atoms with Gasteiger partial charge in [0.15, 0.2) is 0 Å². The van der Waals surface area contributed by atoms with Crippen molar-refractivity contribution in [2.75, 3.05) is 25.1 Å². The van der Waals surface area contributed by atoms with Crippen LogP contribution in [-0.4, -0.2) is 30.6 Å². The molecule has 0 saturated carbocycles. The summed E-state index contributed by atoms with van der Waals surface area (Å²) in [7, 11) is 0. The fraction of sp³-hybridized carbons (Fsp3) is 0.400. The number of nitrogens with zero attached hydrogens (tertiary/aromatic N) is 1. The fourth-order valence-corrected chi connectivity index (χ4v) is 3.01. The van der Waals surface area contributed by atoms with Gasteiger partial charge in [-0.05, 0) is 43.0 Å². The number of pyridine rings is 1. The fourth-order valence-electron chi connectivity index (χ4n) is 3.01. The Hall–Kier alpha value is -1.86. The number of aromatic nitrogens is 1. The molecule has 1 aliphatic rings. The van der Waals surface area contributed by atoms with Crippen molar-refractivity contribution >= 4 is 36.4 Å². The molecule has 2 heterocycles. The maximum absolute atomic E-state index is 12.7. The lowest BCUT2D eigenvalue weighted by atomic mass is 9.79. The molecule has 154 valence electrons. The molecule has 8 heteroatoms. The number of nitrogens with two attached hydrogens (primary N) is 1. The Morgan fingerprint density at radius 3 is 2.61 bits per heavy atom. The average Bonchev–Trinajstić information content (AvgIpc) is 2.70. The van der Waals surface area contributed by atoms with Crippen LogP contribution in [0.3, 0.4) is 0 Å². The Labute approximate surface area is 178 Å². The number of hydrogen-bond donors (Lipinski definition) is 2. The number of ether oxygens (including phenoxy) is 2. The van der Waals surface area contributed by atoms with Gasteiger partial charge in [0.05, 0.1) is 17.3 Å². The molecule has 1 aromatic carbocycles. The number of aryl methyl sites for hydroxylation is 1. The van der Waals surface area contributed by atoms with Gasteiger partial charge in [0.2, 0.25) is 11.8 Å². The van der Waals surface area contributed by atoms with E-state index in [0.717, 1.165) is 12.2 Å². The first-order valence-corrected chi connectivity index (χ1v) is 8.97. The van der Waals surface area contributed by atoms with Gasteiger partial charge in [0.25, 0.3) is 0 Å². The van der Waals surface area contributed by atoms with Gasteiger partial charge in [-0.15, -0.1) is 24.8 Å². The predicted molar refractivity (Wildman–Crippen MR) is 115 cm³/mol. The first kappa shape index (κ1) is 24.2. The molecule has 1 aromatic heterocycles. The van der Waals surface area contributed by atoms with Gasteiger partial charge in [0.1, 0.15) is 5.75 Å². The van der Waals surface area contributed by atoms with Gasteiger partial charge in [-0.3, -0.25) is 4.79 Å². The molecule has 3 N–H and O–H groups in total. The van der Waals surface area contributed by atoms with Crippen molar-refractivity contribution in [3.8, 4) is 11.6 Å². The van der Waals surface area contributed by atoms with Crippen molar-refractivity contribution in [1.82, 2.24) is 4.98 Å². The topological polar surface area (TPSA) is 86.5 Å². The zero-order chi connectivity index (χ0) is 18.4. The number of carbonyl (C=O) groups is 1. The summed E-state index contributed by atoms with van der Waals surface area (Å²) in [6.07, 6.45) is 3.82. The largest absolute Gasteiger partial charge is 0.439 e. The molecule has 3 rings (SSSR count). The molecule has 1 fully saturated rings. The van der Waals surface area contributed by atoms with E-state index in [0.29, 0.717) is 44.2 Å². The minimum atomic E-state index is -0.561. The van der Waals surface area contributed by atoms with Crippen molar-refractivity contribution in [3.63, 3.8) is 0 Å². The predicted octanol–water partition coefficient (Wildman–Crippen LogP) is 3.97. The molecule has 2 aromatic rings. The number of nitrogens with one attached hydrogen (secondary N) is 1. The number of rotatable bonds is 6. The number of amides is 1. The second-order valence-electron chi connectivity index (χ2n) is 6.54. The van der Waals surface area contributed by atoms with Gasteiger partial charge in [-0.1, -0.05) is 19.1 Å². The molecule has 1 aliphatic heterocycles. The third-order valence-corrected chi connectivity index (χ3v) is 4.85. The van der Waals surface area contributed by atoms with Crippen molar-refractivity contribution in [2.45, 2.75) is 26.2 Å². The highest BCUT2D eigenvalue weighted by atomic mass is 35.5. The first-order chi connectivity index (χ1) is 12.6. The van der Waals surface area contributed by atoms with Gasteiger partial charge in [-0.2, -0.15) is 0 Å². The van der Waals surface area contributed by atoms with E-state index in [1.807, 2.05) is 18.2 Å². The van der Waals surface area contributed by atoms with Crippen LogP contribution in [0.1, 0.15) is 25.3 Å². The number of hydrogen-bond acceptors (Lipinski definition) is 5. The molecule has 0 unspecified atom stereocenters. The summed E-state index contributed by atoms with van der Waals surface area (Å²) in [6, 6.07) is 11.4. The SMILES string of the molecule is CCc1cccc(Oc2ccc(NC(=O)C3(CN)CCOCC3)cn2)c1.Cl.Cl. The molecule has 0 aliphatic carbocycles. The number of carbonyl (C=O) groups excluding carboxylic acids is 1. The normalized spacial score (nSPS) is 14.9. The van der Waals surface area contributed by atoms with Crippen LogP contribution in [0.15, 0.2) is 42.6 Å². The molecule has 0 spiro atoms. The quantitative estimate of drug-likeness (QED) is 0.727. The van der Waals surface area contributed by atoms with Crippen LogP contribution in [0, 0.1) is 5.41 Å².